The number of morpholine rings is 1. The van der Waals surface area contributed by atoms with Gasteiger partial charge in [0.15, 0.2) is 0 Å². The average Bonchev–Trinajstić information content (AvgIpc) is 2.78. The Morgan fingerprint density at radius 2 is 1.66 bits per heavy atom. The summed E-state index contributed by atoms with van der Waals surface area (Å²) in [4.78, 5) is 26.7. The highest BCUT2D eigenvalue weighted by Crippen LogP contribution is 2.15. The van der Waals surface area contributed by atoms with Crippen molar-refractivity contribution < 1.29 is 14.3 Å². The molecule has 0 saturated carbocycles. The Bertz CT molecular complexity index is 803. The number of carbonyl (C=O) groups excluding carboxylic acids is 2. The molecule has 2 aromatic carbocycles. The van der Waals surface area contributed by atoms with E-state index < -0.39 is 0 Å². The van der Waals surface area contributed by atoms with Crippen molar-refractivity contribution in [2.75, 3.05) is 39.4 Å². The Labute approximate surface area is 171 Å². The van der Waals surface area contributed by atoms with Gasteiger partial charge in [0.25, 0.3) is 0 Å². The number of nitrogens with zero attached hydrogens (tertiary/aromatic N) is 1. The van der Waals surface area contributed by atoms with Crippen LogP contribution in [0.5, 0.6) is 0 Å². The second-order valence-corrected chi connectivity index (χ2v) is 6.91. The number of amides is 2. The van der Waals surface area contributed by atoms with Crippen LogP contribution in [0.4, 0.5) is 0 Å². The van der Waals surface area contributed by atoms with E-state index in [-0.39, 0.29) is 24.4 Å². The lowest BCUT2D eigenvalue weighted by atomic mass is 10.1. The Morgan fingerprint density at radius 1 is 1.00 bits per heavy atom. The number of nitrogens with one attached hydrogen (secondary N) is 2. The smallest absolute Gasteiger partial charge is 0.244 e. The average molecular weight is 393 g/mol. The van der Waals surface area contributed by atoms with Gasteiger partial charge in [-0.3, -0.25) is 14.5 Å². The van der Waals surface area contributed by atoms with Crippen molar-refractivity contribution in [1.29, 1.82) is 0 Å². The van der Waals surface area contributed by atoms with Gasteiger partial charge in [-0.2, -0.15) is 0 Å². The first-order valence-corrected chi connectivity index (χ1v) is 9.86. The van der Waals surface area contributed by atoms with Gasteiger partial charge >= 0.3 is 0 Å². The first-order valence-electron chi connectivity index (χ1n) is 9.86. The molecule has 1 heterocycles. The maximum absolute atomic E-state index is 12.5. The molecule has 0 unspecified atom stereocenters. The van der Waals surface area contributed by atoms with E-state index in [0.717, 1.165) is 24.2 Å². The van der Waals surface area contributed by atoms with Crippen LogP contribution >= 0.6 is 0 Å². The molecule has 6 nitrogen and oxygen atoms in total. The monoisotopic (exact) mass is 393 g/mol. The minimum Gasteiger partial charge on any atom is -0.379 e. The molecule has 0 bridgehead atoms. The summed E-state index contributed by atoms with van der Waals surface area (Å²) in [5.41, 5.74) is 1.98. The summed E-state index contributed by atoms with van der Waals surface area (Å²) in [6, 6.07) is 19.3. The highest BCUT2D eigenvalue weighted by molar-refractivity contribution is 5.94. The van der Waals surface area contributed by atoms with Crippen LogP contribution in [0, 0.1) is 0 Å². The zero-order valence-corrected chi connectivity index (χ0v) is 16.4. The molecule has 2 amide bonds. The number of hydrogen-bond donors (Lipinski definition) is 2. The van der Waals surface area contributed by atoms with E-state index in [0.29, 0.717) is 19.8 Å². The highest BCUT2D eigenvalue weighted by Gasteiger charge is 2.20. The van der Waals surface area contributed by atoms with Gasteiger partial charge in [0.05, 0.1) is 25.8 Å². The van der Waals surface area contributed by atoms with Crippen molar-refractivity contribution in [2.24, 2.45) is 0 Å². The number of hydrogen-bond acceptors (Lipinski definition) is 4. The van der Waals surface area contributed by atoms with Gasteiger partial charge in [0.2, 0.25) is 11.8 Å². The number of carbonyl (C=O) groups is 2. The van der Waals surface area contributed by atoms with Gasteiger partial charge in [-0.1, -0.05) is 60.7 Å². The third kappa shape index (κ3) is 7.18. The van der Waals surface area contributed by atoms with E-state index in [1.165, 1.54) is 6.08 Å². The van der Waals surface area contributed by atoms with Crippen molar-refractivity contribution in [3.63, 3.8) is 0 Å². The molecule has 2 N–H and O–H groups in total. The molecule has 2 aromatic rings. The van der Waals surface area contributed by atoms with Crippen molar-refractivity contribution in [3.8, 4) is 0 Å². The SMILES string of the molecule is O=C(/C=C/c1ccccc1)NCC(=O)N[C@@H](CN1CCOCC1)c1ccccc1. The molecule has 1 aliphatic heterocycles. The van der Waals surface area contributed by atoms with Gasteiger partial charge < -0.3 is 15.4 Å². The van der Waals surface area contributed by atoms with Gasteiger partial charge in [-0.15, -0.1) is 0 Å². The molecular formula is C23H27N3O3. The quantitative estimate of drug-likeness (QED) is 0.673. The third-order valence-corrected chi connectivity index (χ3v) is 4.73. The maximum Gasteiger partial charge on any atom is 0.244 e. The number of ether oxygens (including phenoxy) is 1. The van der Waals surface area contributed by atoms with Crippen LogP contribution in [0.1, 0.15) is 17.2 Å². The molecule has 1 atom stereocenters. The molecule has 6 heteroatoms. The zero-order valence-electron chi connectivity index (χ0n) is 16.4. The summed E-state index contributed by atoms with van der Waals surface area (Å²) in [5, 5.41) is 5.69. The molecule has 3 rings (SSSR count). The molecule has 0 radical (unpaired) electrons. The van der Waals surface area contributed by atoms with E-state index in [4.69, 9.17) is 4.74 Å². The fourth-order valence-electron chi connectivity index (χ4n) is 3.17. The number of benzene rings is 2. The van der Waals surface area contributed by atoms with Gasteiger partial charge in [0.1, 0.15) is 0 Å². The fourth-order valence-corrected chi connectivity index (χ4v) is 3.17. The van der Waals surface area contributed by atoms with Crippen LogP contribution in [0.25, 0.3) is 6.08 Å². The van der Waals surface area contributed by atoms with Crippen molar-refractivity contribution in [2.45, 2.75) is 6.04 Å². The normalized spacial score (nSPS) is 15.7. The molecule has 0 aromatic heterocycles. The Morgan fingerprint density at radius 3 is 2.34 bits per heavy atom. The van der Waals surface area contributed by atoms with Crippen LogP contribution in [-0.4, -0.2) is 56.1 Å². The minimum absolute atomic E-state index is 0.0651. The van der Waals surface area contributed by atoms with E-state index in [1.807, 2.05) is 60.7 Å². The summed E-state index contributed by atoms with van der Waals surface area (Å²) in [5.74, 6) is -0.512. The van der Waals surface area contributed by atoms with E-state index in [2.05, 4.69) is 15.5 Å². The second kappa shape index (κ2) is 11.1. The fraction of sp³-hybridized carbons (Fsp3) is 0.304. The van der Waals surface area contributed by atoms with Crippen LogP contribution in [-0.2, 0) is 14.3 Å². The summed E-state index contributed by atoms with van der Waals surface area (Å²) >= 11 is 0. The molecule has 0 spiro atoms. The van der Waals surface area contributed by atoms with Crippen LogP contribution < -0.4 is 10.6 Å². The maximum atomic E-state index is 12.5. The molecule has 1 aliphatic rings. The van der Waals surface area contributed by atoms with E-state index in [9.17, 15) is 9.59 Å². The molecule has 0 aliphatic carbocycles. The van der Waals surface area contributed by atoms with Crippen molar-refractivity contribution in [3.05, 3.63) is 77.9 Å². The van der Waals surface area contributed by atoms with Crippen LogP contribution in [0.3, 0.4) is 0 Å². The summed E-state index contributed by atoms with van der Waals surface area (Å²) < 4.78 is 5.40. The predicted molar refractivity (Wildman–Crippen MR) is 113 cm³/mol. The lowest BCUT2D eigenvalue weighted by molar-refractivity contribution is -0.124. The standard InChI is InChI=1S/C23H27N3O3/c27-22(12-11-19-7-3-1-4-8-19)24-17-23(28)25-21(20-9-5-2-6-10-20)18-26-13-15-29-16-14-26/h1-12,21H,13-18H2,(H,24,27)(H,25,28)/b12-11+/t21-/m0/s1. The van der Waals surface area contributed by atoms with Crippen LogP contribution in [0.15, 0.2) is 66.7 Å². The largest absolute Gasteiger partial charge is 0.379 e. The Hall–Kier alpha value is -2.96. The lowest BCUT2D eigenvalue weighted by Crippen LogP contribution is -2.45. The molecular weight excluding hydrogens is 366 g/mol. The van der Waals surface area contributed by atoms with Gasteiger partial charge in [-0.05, 0) is 17.2 Å². The lowest BCUT2D eigenvalue weighted by Gasteiger charge is -2.31. The predicted octanol–water partition coefficient (Wildman–Crippen LogP) is 2.01. The van der Waals surface area contributed by atoms with E-state index in [1.54, 1.807) is 6.08 Å². The molecule has 152 valence electrons. The van der Waals surface area contributed by atoms with Gasteiger partial charge in [-0.25, -0.2) is 0 Å². The Kier molecular flexibility index (Phi) is 7.98. The zero-order chi connectivity index (χ0) is 20.3. The van der Waals surface area contributed by atoms with Crippen LogP contribution in [0.2, 0.25) is 0 Å². The van der Waals surface area contributed by atoms with E-state index >= 15 is 0 Å². The third-order valence-electron chi connectivity index (χ3n) is 4.73. The molecule has 1 fully saturated rings. The first kappa shape index (κ1) is 20.8. The highest BCUT2D eigenvalue weighted by atomic mass is 16.5. The molecule has 1 saturated heterocycles. The molecule has 29 heavy (non-hydrogen) atoms. The van der Waals surface area contributed by atoms with Crippen molar-refractivity contribution in [1.82, 2.24) is 15.5 Å². The number of rotatable bonds is 8. The van der Waals surface area contributed by atoms with Gasteiger partial charge in [0, 0.05) is 25.7 Å². The summed E-state index contributed by atoms with van der Waals surface area (Å²) in [6.07, 6.45) is 3.16. The first-order chi connectivity index (χ1) is 14.2. The minimum atomic E-state index is -0.298. The summed E-state index contributed by atoms with van der Waals surface area (Å²) in [7, 11) is 0. The second-order valence-electron chi connectivity index (χ2n) is 6.91. The summed E-state index contributed by atoms with van der Waals surface area (Å²) in [6.45, 7) is 3.75. The Balaban J connectivity index is 1.52. The van der Waals surface area contributed by atoms with Crippen molar-refractivity contribution >= 4 is 17.9 Å². The topological polar surface area (TPSA) is 70.7 Å².